The van der Waals surface area contributed by atoms with Crippen LogP contribution in [0, 0.1) is 26.1 Å². The zero-order valence-electron chi connectivity index (χ0n) is 24.0. The van der Waals surface area contributed by atoms with Crippen LogP contribution in [0.15, 0.2) is 34.6 Å². The summed E-state index contributed by atoms with van der Waals surface area (Å²) in [6.45, 7) is 4.32. The van der Waals surface area contributed by atoms with Gasteiger partial charge in [0.25, 0.3) is 11.4 Å². The van der Waals surface area contributed by atoms with Crippen molar-refractivity contribution < 1.29 is 29.1 Å². The summed E-state index contributed by atoms with van der Waals surface area (Å²) in [5.74, 6) is -0.980. The van der Waals surface area contributed by atoms with Crippen LogP contribution in [-0.2, 0) is 26.3 Å². The van der Waals surface area contributed by atoms with Gasteiger partial charge in [-0.15, -0.1) is 0 Å². The van der Waals surface area contributed by atoms with E-state index in [1.165, 1.54) is 30.5 Å². The predicted molar refractivity (Wildman–Crippen MR) is 156 cm³/mol. The number of non-ortho nitro benzene ring substituents is 2. The maximum Gasteiger partial charge on any atom is 0.331 e. The maximum absolute atomic E-state index is 12.4. The molecule has 0 N–H and O–H groups in total. The lowest BCUT2D eigenvalue weighted by atomic mass is 9.84. The topological polar surface area (TPSA) is 169 Å². The summed E-state index contributed by atoms with van der Waals surface area (Å²) in [7, 11) is 1.54. The molecule has 0 saturated heterocycles. The lowest BCUT2D eigenvalue weighted by Gasteiger charge is -2.22. The van der Waals surface area contributed by atoms with Crippen molar-refractivity contribution in [1.29, 1.82) is 0 Å². The van der Waals surface area contributed by atoms with Crippen molar-refractivity contribution in [3.05, 3.63) is 55.6 Å². The Hall–Kier alpha value is -4.68. The fourth-order valence-electron chi connectivity index (χ4n) is 5.67. The zero-order chi connectivity index (χ0) is 30.6. The number of hydrogen-bond donors (Lipinski definition) is 0. The van der Waals surface area contributed by atoms with Crippen molar-refractivity contribution in [3.8, 4) is 0 Å². The Balaban J connectivity index is 2.03. The van der Waals surface area contributed by atoms with Gasteiger partial charge in [-0.1, -0.05) is 55.8 Å². The van der Waals surface area contributed by atoms with Crippen LogP contribution in [0.5, 0.6) is 0 Å². The Morgan fingerprint density at radius 3 is 1.79 bits per heavy atom. The standard InChI is InChI=1S/C29H33N5O8/c1-5-9-24(30-41-17(2)35)20-13-22-23-14-21(25(31-42-18(3)36)12-19-10-7-6-8-11-19)16-27(34(39)40)29(23)32(4)28(22)26(15-20)33(37)38/h13-16,19H,5-12H2,1-4H3/b30-24+,31-25+. The van der Waals surface area contributed by atoms with Gasteiger partial charge in [0.05, 0.1) is 21.3 Å². The van der Waals surface area contributed by atoms with Gasteiger partial charge in [-0.05, 0) is 30.9 Å². The fraction of sp³-hybridized carbons (Fsp3) is 0.448. The number of nitrogens with zero attached hydrogens (tertiary/aromatic N) is 5. The number of carbonyl (C=O) groups is 2. The van der Waals surface area contributed by atoms with E-state index in [0.29, 0.717) is 52.6 Å². The van der Waals surface area contributed by atoms with E-state index in [4.69, 9.17) is 9.68 Å². The van der Waals surface area contributed by atoms with Crippen LogP contribution in [0.3, 0.4) is 0 Å². The smallest absolute Gasteiger partial charge is 0.331 e. The van der Waals surface area contributed by atoms with E-state index in [2.05, 4.69) is 10.3 Å². The SMILES string of the molecule is CCC/C(=N\OC(C)=O)c1cc([N+](=O)[O-])c2c(c1)c1cc(/C(CC3CCCCC3)=N/OC(C)=O)cc([N+](=O)[O-])c1n2C. The molecule has 0 radical (unpaired) electrons. The van der Waals surface area contributed by atoms with Crippen LogP contribution < -0.4 is 0 Å². The van der Waals surface area contributed by atoms with E-state index in [-0.39, 0.29) is 28.3 Å². The van der Waals surface area contributed by atoms with Gasteiger partial charge in [-0.25, -0.2) is 9.59 Å². The van der Waals surface area contributed by atoms with Crippen molar-refractivity contribution in [2.45, 2.75) is 72.1 Å². The first-order valence-electron chi connectivity index (χ1n) is 13.9. The third kappa shape index (κ3) is 6.45. The minimum absolute atomic E-state index is 0.188. The van der Waals surface area contributed by atoms with Crippen LogP contribution in [-0.4, -0.2) is 37.8 Å². The van der Waals surface area contributed by atoms with E-state index in [9.17, 15) is 29.8 Å². The number of fused-ring (bicyclic) bond motifs is 3. The van der Waals surface area contributed by atoms with Gasteiger partial charge >= 0.3 is 11.9 Å². The number of oxime groups is 2. The summed E-state index contributed by atoms with van der Waals surface area (Å²) >= 11 is 0. The van der Waals surface area contributed by atoms with Crippen LogP contribution in [0.2, 0.25) is 0 Å². The molecule has 1 heterocycles. The Bertz CT molecular complexity index is 1630. The highest BCUT2D eigenvalue weighted by Gasteiger charge is 2.28. The molecule has 0 spiro atoms. The number of nitro benzene ring substituents is 2. The second-order valence-electron chi connectivity index (χ2n) is 10.6. The minimum atomic E-state index is -0.637. The van der Waals surface area contributed by atoms with Crippen LogP contribution in [0.1, 0.15) is 83.3 Å². The van der Waals surface area contributed by atoms with Crippen molar-refractivity contribution in [2.24, 2.45) is 23.3 Å². The normalized spacial score (nSPS) is 14.8. The first-order chi connectivity index (χ1) is 20.0. The molecule has 1 aromatic heterocycles. The Labute approximate surface area is 241 Å². The largest absolute Gasteiger partial charge is 0.332 e. The maximum atomic E-state index is 12.4. The van der Waals surface area contributed by atoms with Crippen molar-refractivity contribution in [1.82, 2.24) is 4.57 Å². The third-order valence-electron chi connectivity index (χ3n) is 7.46. The molecule has 4 rings (SSSR count). The molecule has 0 unspecified atom stereocenters. The lowest BCUT2D eigenvalue weighted by molar-refractivity contribution is -0.383. The van der Waals surface area contributed by atoms with Crippen LogP contribution in [0.4, 0.5) is 11.4 Å². The minimum Gasteiger partial charge on any atom is -0.332 e. The first-order valence-corrected chi connectivity index (χ1v) is 13.9. The van der Waals surface area contributed by atoms with Crippen molar-refractivity contribution >= 4 is 56.5 Å². The van der Waals surface area contributed by atoms with Crippen molar-refractivity contribution in [3.63, 3.8) is 0 Å². The molecule has 1 saturated carbocycles. The molecule has 222 valence electrons. The molecule has 0 aliphatic heterocycles. The lowest BCUT2D eigenvalue weighted by Crippen LogP contribution is -2.14. The van der Waals surface area contributed by atoms with E-state index in [1.54, 1.807) is 19.2 Å². The molecule has 1 fully saturated rings. The molecular formula is C29H33N5O8. The van der Waals surface area contributed by atoms with Crippen LogP contribution >= 0.6 is 0 Å². The van der Waals surface area contributed by atoms with Gasteiger partial charge in [-0.2, -0.15) is 0 Å². The predicted octanol–water partition coefficient (Wildman–Crippen LogP) is 6.45. The van der Waals surface area contributed by atoms with E-state index >= 15 is 0 Å². The molecule has 2 aromatic carbocycles. The molecule has 0 atom stereocenters. The van der Waals surface area contributed by atoms with Crippen LogP contribution in [0.25, 0.3) is 21.8 Å². The number of rotatable bonds is 10. The molecule has 0 bridgehead atoms. The highest BCUT2D eigenvalue weighted by Crippen LogP contribution is 2.40. The van der Waals surface area contributed by atoms with Gasteiger partial charge in [0.2, 0.25) is 0 Å². The number of aryl methyl sites for hydroxylation is 1. The van der Waals surface area contributed by atoms with Gasteiger partial charge < -0.3 is 14.2 Å². The van der Waals surface area contributed by atoms with Gasteiger partial charge in [0, 0.05) is 54.9 Å². The quantitative estimate of drug-likeness (QED) is 0.114. The molecule has 3 aromatic rings. The molecule has 13 heteroatoms. The third-order valence-corrected chi connectivity index (χ3v) is 7.46. The molecular weight excluding hydrogens is 546 g/mol. The van der Waals surface area contributed by atoms with Crippen molar-refractivity contribution in [2.75, 3.05) is 0 Å². The molecule has 42 heavy (non-hydrogen) atoms. The summed E-state index contributed by atoms with van der Waals surface area (Å²) in [6.07, 6.45) is 6.65. The second kappa shape index (κ2) is 12.9. The summed E-state index contributed by atoms with van der Waals surface area (Å²) < 4.78 is 1.45. The molecule has 1 aliphatic rings. The van der Waals surface area contributed by atoms with E-state index in [0.717, 1.165) is 32.1 Å². The fourth-order valence-corrected chi connectivity index (χ4v) is 5.67. The number of aromatic nitrogens is 1. The monoisotopic (exact) mass is 579 g/mol. The number of carbonyl (C=O) groups excluding carboxylic acids is 2. The number of benzene rings is 2. The Morgan fingerprint density at radius 2 is 1.33 bits per heavy atom. The van der Waals surface area contributed by atoms with E-state index in [1.807, 2.05) is 6.92 Å². The number of hydrogen-bond acceptors (Lipinski definition) is 10. The molecule has 1 aliphatic carbocycles. The average molecular weight is 580 g/mol. The highest BCUT2D eigenvalue weighted by atomic mass is 16.7. The molecule has 0 amide bonds. The highest BCUT2D eigenvalue weighted by molar-refractivity contribution is 6.18. The zero-order valence-corrected chi connectivity index (χ0v) is 24.0. The van der Waals surface area contributed by atoms with E-state index < -0.39 is 21.8 Å². The average Bonchev–Trinajstić information content (AvgIpc) is 3.24. The van der Waals surface area contributed by atoms with Gasteiger partial charge in [0.15, 0.2) is 0 Å². The van der Waals surface area contributed by atoms with Gasteiger partial charge in [-0.3, -0.25) is 20.2 Å². The summed E-state index contributed by atoms with van der Waals surface area (Å²) in [4.78, 5) is 56.5. The molecule has 13 nitrogen and oxygen atoms in total. The summed E-state index contributed by atoms with van der Waals surface area (Å²) in [5.41, 5.74) is 1.31. The second-order valence-corrected chi connectivity index (χ2v) is 10.6. The summed E-state index contributed by atoms with van der Waals surface area (Å²) in [6, 6.07) is 6.08. The first kappa shape index (κ1) is 30.3. The number of nitro groups is 2. The Kier molecular flexibility index (Phi) is 9.28. The Morgan fingerprint density at radius 1 is 0.857 bits per heavy atom. The summed E-state index contributed by atoms with van der Waals surface area (Å²) in [5, 5.41) is 33.5. The van der Waals surface area contributed by atoms with Gasteiger partial charge in [0.1, 0.15) is 11.0 Å².